The van der Waals surface area contributed by atoms with Gasteiger partial charge in [-0.2, -0.15) is 0 Å². The predicted octanol–water partition coefficient (Wildman–Crippen LogP) is 4.79. The van der Waals surface area contributed by atoms with Gasteiger partial charge in [-0.05, 0) is 68.8 Å². The number of aryl methyl sites for hydroxylation is 1. The molecule has 32 heavy (non-hydrogen) atoms. The molecule has 0 radical (unpaired) electrons. The largest absolute Gasteiger partial charge is 0.465 e. The van der Waals surface area contributed by atoms with E-state index in [9.17, 15) is 9.18 Å². The number of rotatable bonds is 5. The quantitative estimate of drug-likeness (QED) is 0.455. The number of carbonyl (C=O) groups is 1. The number of nitrogens with zero attached hydrogens (tertiary/aromatic N) is 3. The van der Waals surface area contributed by atoms with Crippen LogP contribution in [0, 0.1) is 12.7 Å². The van der Waals surface area contributed by atoms with E-state index in [2.05, 4.69) is 14.9 Å². The smallest absolute Gasteiger partial charge is 0.337 e. The Kier molecular flexibility index (Phi) is 5.22. The third-order valence-electron chi connectivity index (χ3n) is 5.94. The maximum Gasteiger partial charge on any atom is 0.337 e. The van der Waals surface area contributed by atoms with Gasteiger partial charge in [0.1, 0.15) is 17.4 Å². The molecule has 2 aromatic heterocycles. The number of hydrogen-bond donors (Lipinski definition) is 1. The molecular weight excluding hydrogens is 411 g/mol. The van der Waals surface area contributed by atoms with E-state index in [0.29, 0.717) is 23.5 Å². The molecule has 8 heteroatoms. The first-order valence-corrected chi connectivity index (χ1v) is 10.6. The van der Waals surface area contributed by atoms with Crippen LogP contribution in [0.5, 0.6) is 0 Å². The monoisotopic (exact) mass is 434 g/mol. The Hall–Kier alpha value is -3.52. The second-order valence-electron chi connectivity index (χ2n) is 8.00. The lowest BCUT2D eigenvalue weighted by Gasteiger charge is -2.21. The number of aromatic amines is 1. The third-order valence-corrected chi connectivity index (χ3v) is 5.94. The van der Waals surface area contributed by atoms with E-state index in [-0.39, 0.29) is 17.8 Å². The number of esters is 1. The first-order chi connectivity index (χ1) is 15.5. The number of fused-ring (bicyclic) bond motifs is 1. The van der Waals surface area contributed by atoms with Crippen LogP contribution < -0.4 is 0 Å². The van der Waals surface area contributed by atoms with E-state index in [1.807, 2.05) is 6.92 Å². The molecule has 1 fully saturated rings. The number of imidazole rings is 1. The summed E-state index contributed by atoms with van der Waals surface area (Å²) in [5, 5.41) is 0. The Morgan fingerprint density at radius 2 is 2.06 bits per heavy atom. The summed E-state index contributed by atoms with van der Waals surface area (Å²) >= 11 is 0. The number of methoxy groups -OCH3 is 1. The van der Waals surface area contributed by atoms with E-state index in [0.717, 1.165) is 47.7 Å². The topological polar surface area (TPSA) is 84.2 Å². The molecule has 3 heterocycles. The highest BCUT2D eigenvalue weighted by Gasteiger charge is 2.30. The number of ether oxygens (including phenoxy) is 1. The molecule has 7 nitrogen and oxygen atoms in total. The SMILES string of the molecule is COC(=O)c1ccc(-c2nc(CN3CCCC3c3nc4ccc(F)cc4[nH]3)c(C)o2)cc1. The molecule has 1 aliphatic rings. The molecule has 4 aromatic rings. The van der Waals surface area contributed by atoms with E-state index < -0.39 is 0 Å². The number of nitrogens with one attached hydrogen (secondary N) is 1. The molecule has 1 atom stereocenters. The van der Waals surface area contributed by atoms with Crippen molar-refractivity contribution in [3.05, 3.63) is 71.1 Å². The molecule has 0 spiro atoms. The van der Waals surface area contributed by atoms with Crippen molar-refractivity contribution in [2.45, 2.75) is 32.4 Å². The van der Waals surface area contributed by atoms with E-state index in [4.69, 9.17) is 14.1 Å². The number of hydrogen-bond acceptors (Lipinski definition) is 6. The molecule has 1 N–H and O–H groups in total. The lowest BCUT2D eigenvalue weighted by molar-refractivity contribution is 0.0600. The normalized spacial score (nSPS) is 16.7. The molecule has 1 unspecified atom stereocenters. The average Bonchev–Trinajstić information content (AvgIpc) is 3.52. The second kappa shape index (κ2) is 8.20. The fourth-order valence-electron chi connectivity index (χ4n) is 4.24. The Balaban J connectivity index is 1.36. The molecule has 0 saturated carbocycles. The number of oxazole rings is 1. The zero-order valence-corrected chi connectivity index (χ0v) is 17.9. The Bertz CT molecular complexity index is 1280. The molecule has 1 aliphatic heterocycles. The van der Waals surface area contributed by atoms with E-state index >= 15 is 0 Å². The average molecular weight is 434 g/mol. The number of carbonyl (C=O) groups excluding carboxylic acids is 1. The van der Waals surface area contributed by atoms with Gasteiger partial charge < -0.3 is 14.1 Å². The second-order valence-corrected chi connectivity index (χ2v) is 8.00. The van der Waals surface area contributed by atoms with Gasteiger partial charge in [-0.1, -0.05) is 0 Å². The Morgan fingerprint density at radius 1 is 1.25 bits per heavy atom. The summed E-state index contributed by atoms with van der Waals surface area (Å²) in [6, 6.07) is 11.7. The summed E-state index contributed by atoms with van der Waals surface area (Å²) in [4.78, 5) is 26.7. The highest BCUT2D eigenvalue weighted by Crippen LogP contribution is 2.34. The van der Waals surface area contributed by atoms with Crippen molar-refractivity contribution >= 4 is 17.0 Å². The lowest BCUT2D eigenvalue weighted by Crippen LogP contribution is -2.24. The standard InChI is InChI=1S/C24H23FN4O3/c1-14-20(28-23(32-14)15-5-7-16(8-6-15)24(30)31-2)13-29-11-3-4-21(29)22-26-18-10-9-17(25)12-19(18)27-22/h5-10,12,21H,3-4,11,13H2,1-2H3,(H,26,27). The summed E-state index contributed by atoms with van der Waals surface area (Å²) in [5.74, 6) is 1.47. The summed E-state index contributed by atoms with van der Waals surface area (Å²) in [6.45, 7) is 3.46. The Labute approximate surface area is 184 Å². The van der Waals surface area contributed by atoms with E-state index in [1.54, 1.807) is 30.3 Å². The summed E-state index contributed by atoms with van der Waals surface area (Å²) < 4.78 is 24.2. The van der Waals surface area contributed by atoms with Gasteiger partial charge in [0.15, 0.2) is 0 Å². The minimum Gasteiger partial charge on any atom is -0.465 e. The molecule has 0 bridgehead atoms. The third kappa shape index (κ3) is 3.78. The van der Waals surface area contributed by atoms with Crippen LogP contribution in [0.3, 0.4) is 0 Å². The van der Waals surface area contributed by atoms with Gasteiger partial charge in [0, 0.05) is 12.1 Å². The van der Waals surface area contributed by atoms with Crippen molar-refractivity contribution in [3.63, 3.8) is 0 Å². The number of halogens is 1. The minimum absolute atomic E-state index is 0.115. The summed E-state index contributed by atoms with van der Waals surface area (Å²) in [5.41, 5.74) is 3.62. The van der Waals surface area contributed by atoms with Crippen LogP contribution in [0.4, 0.5) is 4.39 Å². The molecule has 5 rings (SSSR count). The first-order valence-electron chi connectivity index (χ1n) is 10.6. The van der Waals surface area contributed by atoms with Crippen LogP contribution in [0.1, 0.15) is 46.5 Å². The van der Waals surface area contributed by atoms with Crippen molar-refractivity contribution in [3.8, 4) is 11.5 Å². The van der Waals surface area contributed by atoms with Crippen molar-refractivity contribution in [1.29, 1.82) is 0 Å². The first kappa shape index (κ1) is 20.4. The van der Waals surface area contributed by atoms with Crippen molar-refractivity contribution in [2.75, 3.05) is 13.7 Å². The van der Waals surface area contributed by atoms with Gasteiger partial charge in [-0.25, -0.2) is 19.2 Å². The summed E-state index contributed by atoms with van der Waals surface area (Å²) in [7, 11) is 1.36. The number of aromatic nitrogens is 3. The molecular formula is C24H23FN4O3. The highest BCUT2D eigenvalue weighted by atomic mass is 19.1. The maximum absolute atomic E-state index is 13.6. The summed E-state index contributed by atoms with van der Waals surface area (Å²) in [6.07, 6.45) is 2.02. The molecule has 1 saturated heterocycles. The van der Waals surface area contributed by atoms with E-state index in [1.165, 1.54) is 19.2 Å². The lowest BCUT2D eigenvalue weighted by atomic mass is 10.1. The van der Waals surface area contributed by atoms with Crippen LogP contribution >= 0.6 is 0 Å². The van der Waals surface area contributed by atoms with Crippen LogP contribution in [0.25, 0.3) is 22.5 Å². The van der Waals surface area contributed by atoms with Gasteiger partial charge in [0.25, 0.3) is 0 Å². The minimum atomic E-state index is -0.380. The van der Waals surface area contributed by atoms with Gasteiger partial charge in [-0.3, -0.25) is 4.90 Å². The highest BCUT2D eigenvalue weighted by molar-refractivity contribution is 5.89. The van der Waals surface area contributed by atoms with Crippen molar-refractivity contribution < 1.29 is 18.3 Å². The molecule has 0 aliphatic carbocycles. The van der Waals surface area contributed by atoms with Gasteiger partial charge in [-0.15, -0.1) is 0 Å². The number of likely N-dealkylation sites (tertiary alicyclic amines) is 1. The zero-order valence-electron chi connectivity index (χ0n) is 17.9. The Morgan fingerprint density at radius 3 is 2.84 bits per heavy atom. The van der Waals surface area contributed by atoms with Crippen LogP contribution in [-0.4, -0.2) is 39.5 Å². The van der Waals surface area contributed by atoms with Crippen molar-refractivity contribution in [1.82, 2.24) is 19.9 Å². The molecule has 164 valence electrons. The maximum atomic E-state index is 13.6. The van der Waals surface area contributed by atoms with Gasteiger partial charge in [0.2, 0.25) is 5.89 Å². The molecule has 0 amide bonds. The zero-order chi connectivity index (χ0) is 22.2. The predicted molar refractivity (Wildman–Crippen MR) is 116 cm³/mol. The fourth-order valence-corrected chi connectivity index (χ4v) is 4.24. The van der Waals surface area contributed by atoms with Gasteiger partial charge >= 0.3 is 5.97 Å². The number of H-pyrrole nitrogens is 1. The molecule has 2 aromatic carbocycles. The van der Waals surface area contributed by atoms with Gasteiger partial charge in [0.05, 0.1) is 35.4 Å². The fraction of sp³-hybridized carbons (Fsp3) is 0.292. The van der Waals surface area contributed by atoms with Crippen molar-refractivity contribution in [2.24, 2.45) is 0 Å². The van der Waals surface area contributed by atoms with Crippen LogP contribution in [0.15, 0.2) is 46.9 Å². The van der Waals surface area contributed by atoms with Crippen LogP contribution in [0.2, 0.25) is 0 Å². The van der Waals surface area contributed by atoms with Crippen LogP contribution in [-0.2, 0) is 11.3 Å². The number of benzene rings is 2.